The molecule has 1 aromatic heterocycles. The topological polar surface area (TPSA) is 77.5 Å². The molecule has 1 N–H and O–H groups in total. The maximum atomic E-state index is 12.3. The van der Waals surface area contributed by atoms with Crippen LogP contribution in [0.25, 0.3) is 11.1 Å². The van der Waals surface area contributed by atoms with Gasteiger partial charge in [0.25, 0.3) is 5.91 Å². The summed E-state index contributed by atoms with van der Waals surface area (Å²) in [6.07, 6.45) is -0.919. The Morgan fingerprint density at radius 2 is 2.04 bits per heavy atom. The molecule has 2 aromatic rings. The Labute approximate surface area is 147 Å². The lowest BCUT2D eigenvalue weighted by Crippen LogP contribution is -2.15. The normalized spacial score (nSPS) is 12.6. The summed E-state index contributed by atoms with van der Waals surface area (Å²) in [4.78, 5) is 28.2. The van der Waals surface area contributed by atoms with Crippen molar-refractivity contribution in [2.24, 2.45) is 0 Å². The molecule has 0 fully saturated rings. The van der Waals surface area contributed by atoms with Gasteiger partial charge in [0.2, 0.25) is 0 Å². The largest absolute Gasteiger partial charge is 0.513 e. The Morgan fingerprint density at radius 1 is 1.29 bits per heavy atom. The van der Waals surface area contributed by atoms with E-state index < -0.39 is 6.16 Å². The van der Waals surface area contributed by atoms with E-state index in [2.05, 4.69) is 15.0 Å². The van der Waals surface area contributed by atoms with Gasteiger partial charge in [-0.25, -0.2) is 4.79 Å². The lowest BCUT2D eigenvalue weighted by molar-refractivity contribution is 0.0964. The molecule has 3 rings (SSSR count). The van der Waals surface area contributed by atoms with Crippen LogP contribution in [0.4, 0.5) is 4.79 Å². The molecule has 1 amide bonds. The fraction of sp³-hybridized carbons (Fsp3) is 0.188. The molecule has 0 spiro atoms. The molecule has 0 bridgehead atoms. The Balaban J connectivity index is 2.35. The maximum Gasteiger partial charge on any atom is 0.513 e. The first kappa shape index (κ1) is 16.5. The first-order chi connectivity index (χ1) is 11.4. The monoisotopic (exact) mass is 366 g/mol. The first-order valence-electron chi connectivity index (χ1n) is 6.96. The third kappa shape index (κ3) is 2.68. The summed E-state index contributed by atoms with van der Waals surface area (Å²) in [7, 11) is 1.19. The van der Waals surface area contributed by atoms with Crippen molar-refractivity contribution in [2.75, 3.05) is 7.11 Å². The minimum Gasteiger partial charge on any atom is -0.437 e. The Kier molecular flexibility index (Phi) is 4.34. The molecule has 0 saturated carbocycles. The zero-order valence-electron chi connectivity index (χ0n) is 12.8. The molecule has 0 saturated heterocycles. The number of carbonyl (C=O) groups excluding carboxylic acids is 2. The van der Waals surface area contributed by atoms with Crippen molar-refractivity contribution in [1.82, 2.24) is 10.3 Å². The highest BCUT2D eigenvalue weighted by molar-refractivity contribution is 6.44. The second-order valence-electron chi connectivity index (χ2n) is 5.06. The van der Waals surface area contributed by atoms with E-state index in [-0.39, 0.29) is 16.7 Å². The second kappa shape index (κ2) is 6.30. The van der Waals surface area contributed by atoms with Crippen molar-refractivity contribution in [2.45, 2.75) is 13.5 Å². The van der Waals surface area contributed by atoms with Crippen molar-refractivity contribution < 1.29 is 19.1 Å². The minimum absolute atomic E-state index is 0.113. The standard InChI is InChI=1S/C16H12Cl2N2O4/c1-7-14(24-16(22)23-2)11(8-4-3-5-9(17)13(8)18)12-10(20-7)6-19-15(12)21/h3-5H,6H2,1-2H3,(H,19,21). The van der Waals surface area contributed by atoms with E-state index in [0.717, 1.165) is 0 Å². The molecule has 124 valence electrons. The van der Waals surface area contributed by atoms with Gasteiger partial charge in [0.1, 0.15) is 0 Å². The van der Waals surface area contributed by atoms with E-state index in [1.54, 1.807) is 25.1 Å². The van der Waals surface area contributed by atoms with Gasteiger partial charge in [0.15, 0.2) is 5.75 Å². The number of hydrogen-bond donors (Lipinski definition) is 1. The molecule has 0 unspecified atom stereocenters. The van der Waals surface area contributed by atoms with E-state index in [1.807, 2.05) is 0 Å². The molecule has 8 heteroatoms. The number of benzene rings is 1. The third-order valence-corrected chi connectivity index (χ3v) is 4.43. The molecule has 24 heavy (non-hydrogen) atoms. The first-order valence-corrected chi connectivity index (χ1v) is 7.71. The number of fused-ring (bicyclic) bond motifs is 1. The number of methoxy groups -OCH3 is 1. The predicted molar refractivity (Wildman–Crippen MR) is 88.6 cm³/mol. The van der Waals surface area contributed by atoms with Crippen LogP contribution in [0, 0.1) is 6.92 Å². The smallest absolute Gasteiger partial charge is 0.437 e. The van der Waals surface area contributed by atoms with Crippen LogP contribution >= 0.6 is 23.2 Å². The van der Waals surface area contributed by atoms with Crippen molar-refractivity contribution in [3.63, 3.8) is 0 Å². The van der Waals surface area contributed by atoms with E-state index in [0.29, 0.717) is 39.6 Å². The van der Waals surface area contributed by atoms with Gasteiger partial charge in [0, 0.05) is 11.1 Å². The van der Waals surface area contributed by atoms with Crippen LogP contribution < -0.4 is 10.1 Å². The van der Waals surface area contributed by atoms with Crippen LogP contribution in [0.2, 0.25) is 10.0 Å². The number of carbonyl (C=O) groups is 2. The van der Waals surface area contributed by atoms with Gasteiger partial charge in [-0.15, -0.1) is 0 Å². The molecule has 1 aliphatic heterocycles. The van der Waals surface area contributed by atoms with Crippen LogP contribution in [-0.4, -0.2) is 24.2 Å². The summed E-state index contributed by atoms with van der Waals surface area (Å²) in [5, 5.41) is 3.27. The number of aryl methyl sites for hydroxylation is 1. The Morgan fingerprint density at radius 3 is 2.75 bits per heavy atom. The van der Waals surface area contributed by atoms with Crippen LogP contribution in [0.5, 0.6) is 5.75 Å². The van der Waals surface area contributed by atoms with Gasteiger partial charge in [-0.1, -0.05) is 35.3 Å². The highest BCUT2D eigenvalue weighted by atomic mass is 35.5. The predicted octanol–water partition coefficient (Wildman–Crippen LogP) is 3.75. The van der Waals surface area contributed by atoms with E-state index in [9.17, 15) is 9.59 Å². The number of aromatic nitrogens is 1. The lowest BCUT2D eigenvalue weighted by atomic mass is 9.97. The molecular weight excluding hydrogens is 355 g/mol. The molecule has 0 atom stereocenters. The second-order valence-corrected chi connectivity index (χ2v) is 5.85. The van der Waals surface area contributed by atoms with Crippen LogP contribution in [-0.2, 0) is 11.3 Å². The fourth-order valence-corrected chi connectivity index (χ4v) is 2.97. The van der Waals surface area contributed by atoms with Gasteiger partial charge in [-0.3, -0.25) is 9.78 Å². The van der Waals surface area contributed by atoms with Gasteiger partial charge in [0.05, 0.1) is 40.7 Å². The number of hydrogen-bond acceptors (Lipinski definition) is 5. The summed E-state index contributed by atoms with van der Waals surface area (Å²) in [6, 6.07) is 5.02. The summed E-state index contributed by atoms with van der Waals surface area (Å²) in [5.74, 6) is -0.208. The summed E-state index contributed by atoms with van der Waals surface area (Å²) >= 11 is 12.4. The highest BCUT2D eigenvalue weighted by Crippen LogP contribution is 2.43. The number of nitrogens with one attached hydrogen (secondary N) is 1. The Bertz CT molecular complexity index is 868. The van der Waals surface area contributed by atoms with E-state index >= 15 is 0 Å². The zero-order valence-corrected chi connectivity index (χ0v) is 14.3. The van der Waals surface area contributed by atoms with Gasteiger partial charge in [-0.2, -0.15) is 0 Å². The number of halogens is 2. The molecule has 1 aromatic carbocycles. The van der Waals surface area contributed by atoms with Crippen LogP contribution in [0.3, 0.4) is 0 Å². The Hall–Kier alpha value is -2.31. The van der Waals surface area contributed by atoms with Crippen LogP contribution in [0.1, 0.15) is 21.7 Å². The number of ether oxygens (including phenoxy) is 2. The van der Waals surface area contributed by atoms with Gasteiger partial charge >= 0.3 is 6.16 Å². The van der Waals surface area contributed by atoms with E-state index in [1.165, 1.54) is 7.11 Å². The fourth-order valence-electron chi connectivity index (χ4n) is 2.58. The molecule has 0 aliphatic carbocycles. The number of pyridine rings is 1. The summed E-state index contributed by atoms with van der Waals surface area (Å²) < 4.78 is 9.79. The van der Waals surface area contributed by atoms with Crippen molar-refractivity contribution >= 4 is 35.3 Å². The summed E-state index contributed by atoms with van der Waals surface area (Å²) in [6.45, 7) is 1.96. The van der Waals surface area contributed by atoms with Crippen LogP contribution in [0.15, 0.2) is 18.2 Å². The molecular formula is C16H12Cl2N2O4. The van der Waals surface area contributed by atoms with Gasteiger partial charge < -0.3 is 14.8 Å². The number of rotatable bonds is 2. The van der Waals surface area contributed by atoms with E-state index in [4.69, 9.17) is 27.9 Å². The molecule has 0 radical (unpaired) electrons. The molecule has 1 aliphatic rings. The number of amides is 1. The average molecular weight is 367 g/mol. The number of nitrogens with zero attached hydrogens (tertiary/aromatic N) is 1. The van der Waals surface area contributed by atoms with Gasteiger partial charge in [-0.05, 0) is 13.0 Å². The lowest BCUT2D eigenvalue weighted by Gasteiger charge is -2.16. The quantitative estimate of drug-likeness (QED) is 0.818. The van der Waals surface area contributed by atoms with Crippen molar-refractivity contribution in [3.05, 3.63) is 45.2 Å². The van der Waals surface area contributed by atoms with Crippen molar-refractivity contribution in [1.29, 1.82) is 0 Å². The minimum atomic E-state index is -0.919. The zero-order chi connectivity index (χ0) is 17.4. The molecule has 2 heterocycles. The highest BCUT2D eigenvalue weighted by Gasteiger charge is 2.31. The average Bonchev–Trinajstić information content (AvgIpc) is 2.91. The maximum absolute atomic E-state index is 12.3. The SMILES string of the molecule is COC(=O)Oc1c(C)nc2c(c1-c1cccc(Cl)c1Cl)C(=O)NC2. The molecule has 6 nitrogen and oxygen atoms in total. The summed E-state index contributed by atoms with van der Waals surface area (Å²) in [5.41, 5.74) is 2.14. The van der Waals surface area contributed by atoms with Crippen molar-refractivity contribution in [3.8, 4) is 16.9 Å². The third-order valence-electron chi connectivity index (χ3n) is 3.61.